The third kappa shape index (κ3) is 3.89. The molecule has 0 unspecified atom stereocenters. The predicted molar refractivity (Wildman–Crippen MR) is 85.1 cm³/mol. The van der Waals surface area contributed by atoms with Crippen LogP contribution in [0, 0.1) is 6.92 Å². The number of thiazole rings is 1. The molecule has 0 spiro atoms. The summed E-state index contributed by atoms with van der Waals surface area (Å²) in [4.78, 5) is 4.61. The average Bonchev–Trinajstić information content (AvgIpc) is 2.75. The van der Waals surface area contributed by atoms with Gasteiger partial charge < -0.3 is 5.32 Å². The Morgan fingerprint density at radius 3 is 3.00 bits per heavy atom. The molecule has 1 N–H and O–H groups in total. The standard InChI is InChI=1S/C14H20N2S2/c1-11-6-7-13-12(10-11)16-14(18-13)15-8-4-3-5-9-17-2/h6-7,10H,3-5,8-9H2,1-2H3,(H,15,16). The number of unbranched alkanes of at least 4 members (excludes halogenated alkanes) is 2. The molecule has 0 fully saturated rings. The second-order valence-corrected chi connectivity index (χ2v) is 6.49. The second-order valence-electron chi connectivity index (χ2n) is 4.47. The summed E-state index contributed by atoms with van der Waals surface area (Å²) in [5, 5.41) is 4.49. The van der Waals surface area contributed by atoms with E-state index < -0.39 is 0 Å². The van der Waals surface area contributed by atoms with Crippen LogP contribution in [0.1, 0.15) is 24.8 Å². The zero-order chi connectivity index (χ0) is 12.8. The lowest BCUT2D eigenvalue weighted by Crippen LogP contribution is -2.00. The van der Waals surface area contributed by atoms with Gasteiger partial charge in [-0.3, -0.25) is 0 Å². The molecule has 0 atom stereocenters. The van der Waals surface area contributed by atoms with Gasteiger partial charge in [-0.15, -0.1) is 0 Å². The van der Waals surface area contributed by atoms with Crippen molar-refractivity contribution >= 4 is 38.4 Å². The molecular formula is C14H20N2S2. The summed E-state index contributed by atoms with van der Waals surface area (Å²) in [7, 11) is 0. The third-order valence-corrected chi connectivity index (χ3v) is 4.54. The normalized spacial score (nSPS) is 11.0. The van der Waals surface area contributed by atoms with E-state index in [4.69, 9.17) is 0 Å². The summed E-state index contributed by atoms with van der Waals surface area (Å²) in [5.74, 6) is 1.28. The minimum absolute atomic E-state index is 1.03. The lowest BCUT2D eigenvalue weighted by atomic mass is 10.2. The van der Waals surface area contributed by atoms with E-state index in [1.165, 1.54) is 35.3 Å². The van der Waals surface area contributed by atoms with Gasteiger partial charge in [0.1, 0.15) is 0 Å². The van der Waals surface area contributed by atoms with Gasteiger partial charge in [-0.05, 0) is 49.5 Å². The third-order valence-electron chi connectivity index (χ3n) is 2.84. The zero-order valence-corrected chi connectivity index (χ0v) is 12.7. The van der Waals surface area contributed by atoms with E-state index in [1.807, 2.05) is 11.8 Å². The Kier molecular flexibility index (Phi) is 5.32. The molecule has 0 saturated heterocycles. The number of aromatic nitrogens is 1. The molecule has 2 rings (SSSR count). The van der Waals surface area contributed by atoms with Gasteiger partial charge in [0.05, 0.1) is 10.2 Å². The summed E-state index contributed by atoms with van der Waals surface area (Å²) < 4.78 is 1.27. The fraction of sp³-hybridized carbons (Fsp3) is 0.500. The summed E-state index contributed by atoms with van der Waals surface area (Å²) in [6.45, 7) is 3.14. The van der Waals surface area contributed by atoms with Gasteiger partial charge in [0, 0.05) is 6.54 Å². The maximum atomic E-state index is 4.61. The molecule has 0 saturated carbocycles. The van der Waals surface area contributed by atoms with Crippen molar-refractivity contribution in [2.24, 2.45) is 0 Å². The van der Waals surface area contributed by atoms with Crippen LogP contribution in [0.4, 0.5) is 5.13 Å². The number of nitrogens with zero attached hydrogens (tertiary/aromatic N) is 1. The first-order valence-corrected chi connectivity index (χ1v) is 8.60. The lowest BCUT2D eigenvalue weighted by Gasteiger charge is -2.01. The smallest absolute Gasteiger partial charge is 0.183 e. The van der Waals surface area contributed by atoms with Crippen molar-refractivity contribution in [2.75, 3.05) is 23.9 Å². The van der Waals surface area contributed by atoms with E-state index in [1.54, 1.807) is 11.3 Å². The van der Waals surface area contributed by atoms with Crippen LogP contribution in [0.25, 0.3) is 10.2 Å². The van der Waals surface area contributed by atoms with Crippen LogP contribution < -0.4 is 5.32 Å². The molecule has 4 heteroatoms. The molecule has 18 heavy (non-hydrogen) atoms. The van der Waals surface area contributed by atoms with E-state index in [0.717, 1.165) is 17.2 Å². The molecule has 98 valence electrons. The number of thioether (sulfide) groups is 1. The highest BCUT2D eigenvalue weighted by molar-refractivity contribution is 7.98. The number of benzene rings is 1. The van der Waals surface area contributed by atoms with E-state index in [9.17, 15) is 0 Å². The Morgan fingerprint density at radius 2 is 2.17 bits per heavy atom. The monoisotopic (exact) mass is 280 g/mol. The molecule has 2 aromatic rings. The Balaban J connectivity index is 1.81. The van der Waals surface area contributed by atoms with Gasteiger partial charge >= 0.3 is 0 Å². The van der Waals surface area contributed by atoms with Crippen molar-refractivity contribution < 1.29 is 0 Å². The number of nitrogens with one attached hydrogen (secondary N) is 1. The maximum Gasteiger partial charge on any atom is 0.183 e. The van der Waals surface area contributed by atoms with Crippen molar-refractivity contribution in [1.29, 1.82) is 0 Å². The van der Waals surface area contributed by atoms with Crippen LogP contribution in [0.15, 0.2) is 18.2 Å². The Hall–Kier alpha value is -0.740. The number of fused-ring (bicyclic) bond motifs is 1. The fourth-order valence-corrected chi connectivity index (χ4v) is 3.22. The summed E-state index contributed by atoms with van der Waals surface area (Å²) in [5.41, 5.74) is 2.39. The Morgan fingerprint density at radius 1 is 1.28 bits per heavy atom. The minimum atomic E-state index is 1.03. The first-order chi connectivity index (χ1) is 8.79. The average molecular weight is 280 g/mol. The SMILES string of the molecule is CSCCCCCNc1nc2cc(C)ccc2s1. The van der Waals surface area contributed by atoms with E-state index >= 15 is 0 Å². The highest BCUT2D eigenvalue weighted by atomic mass is 32.2. The first kappa shape index (κ1) is 13.7. The van der Waals surface area contributed by atoms with Crippen LogP contribution in [-0.4, -0.2) is 23.5 Å². The zero-order valence-electron chi connectivity index (χ0n) is 11.0. The maximum absolute atomic E-state index is 4.61. The molecule has 0 aliphatic carbocycles. The molecule has 2 nitrogen and oxygen atoms in total. The van der Waals surface area contributed by atoms with Crippen LogP contribution in [0.2, 0.25) is 0 Å². The van der Waals surface area contributed by atoms with Gasteiger partial charge in [0.15, 0.2) is 5.13 Å². The summed E-state index contributed by atoms with van der Waals surface area (Å²) >= 11 is 3.68. The summed E-state index contributed by atoms with van der Waals surface area (Å²) in [6.07, 6.45) is 6.02. The van der Waals surface area contributed by atoms with Crippen LogP contribution >= 0.6 is 23.1 Å². The molecule has 1 heterocycles. The van der Waals surface area contributed by atoms with Crippen molar-refractivity contribution in [3.63, 3.8) is 0 Å². The predicted octanol–water partition coefficient (Wildman–Crippen LogP) is 4.55. The fourth-order valence-electron chi connectivity index (χ4n) is 1.86. The van der Waals surface area contributed by atoms with E-state index in [-0.39, 0.29) is 0 Å². The topological polar surface area (TPSA) is 24.9 Å². The van der Waals surface area contributed by atoms with Gasteiger partial charge in [-0.2, -0.15) is 11.8 Å². The van der Waals surface area contributed by atoms with Crippen molar-refractivity contribution in [3.05, 3.63) is 23.8 Å². The molecule has 1 aromatic carbocycles. The van der Waals surface area contributed by atoms with E-state index in [2.05, 4.69) is 41.7 Å². The van der Waals surface area contributed by atoms with Crippen molar-refractivity contribution in [2.45, 2.75) is 26.2 Å². The molecule has 0 aliphatic rings. The highest BCUT2D eigenvalue weighted by Gasteiger charge is 2.02. The van der Waals surface area contributed by atoms with Gasteiger partial charge in [0.25, 0.3) is 0 Å². The largest absolute Gasteiger partial charge is 0.361 e. The Labute approximate surface area is 117 Å². The number of rotatable bonds is 7. The first-order valence-electron chi connectivity index (χ1n) is 6.39. The van der Waals surface area contributed by atoms with Gasteiger partial charge in [0.2, 0.25) is 0 Å². The summed E-state index contributed by atoms with van der Waals surface area (Å²) in [6, 6.07) is 6.45. The number of hydrogen-bond donors (Lipinski definition) is 1. The van der Waals surface area contributed by atoms with Gasteiger partial charge in [-0.25, -0.2) is 4.98 Å². The van der Waals surface area contributed by atoms with Crippen LogP contribution in [-0.2, 0) is 0 Å². The number of anilines is 1. The molecular weight excluding hydrogens is 260 g/mol. The van der Waals surface area contributed by atoms with Gasteiger partial charge in [-0.1, -0.05) is 23.8 Å². The molecule has 0 bridgehead atoms. The number of aryl methyl sites for hydroxylation is 1. The molecule has 0 radical (unpaired) electrons. The van der Waals surface area contributed by atoms with Crippen LogP contribution in [0.5, 0.6) is 0 Å². The second kappa shape index (κ2) is 7.00. The highest BCUT2D eigenvalue weighted by Crippen LogP contribution is 2.26. The quantitative estimate of drug-likeness (QED) is 0.753. The molecule has 1 aromatic heterocycles. The molecule has 0 aliphatic heterocycles. The van der Waals surface area contributed by atoms with Crippen molar-refractivity contribution in [3.8, 4) is 0 Å². The Bertz CT molecular complexity index is 493. The number of hydrogen-bond acceptors (Lipinski definition) is 4. The van der Waals surface area contributed by atoms with Crippen molar-refractivity contribution in [1.82, 2.24) is 4.98 Å². The minimum Gasteiger partial charge on any atom is -0.361 e. The van der Waals surface area contributed by atoms with Crippen LogP contribution in [0.3, 0.4) is 0 Å². The van der Waals surface area contributed by atoms with E-state index in [0.29, 0.717) is 0 Å². The molecule has 0 amide bonds. The lowest BCUT2D eigenvalue weighted by molar-refractivity contribution is 0.749.